The van der Waals surface area contributed by atoms with Crippen molar-refractivity contribution in [1.29, 1.82) is 0 Å². The van der Waals surface area contributed by atoms with Gasteiger partial charge in [-0.3, -0.25) is 4.90 Å². The predicted octanol–water partition coefficient (Wildman–Crippen LogP) is 1.36. The molecule has 2 aromatic heterocycles. The summed E-state index contributed by atoms with van der Waals surface area (Å²) in [6.07, 6.45) is 3.88. The second-order valence-electron chi connectivity index (χ2n) is 5.05. The third-order valence-corrected chi connectivity index (χ3v) is 3.57. The maximum atomic E-state index is 4.74. The van der Waals surface area contributed by atoms with Gasteiger partial charge in [0.15, 0.2) is 0 Å². The minimum Gasteiger partial charge on any atom is -0.367 e. The van der Waals surface area contributed by atoms with Gasteiger partial charge in [0.2, 0.25) is 0 Å². The Bertz CT molecular complexity index is 549. The largest absolute Gasteiger partial charge is 0.367 e. The minimum absolute atomic E-state index is 0.256. The van der Waals surface area contributed by atoms with Gasteiger partial charge >= 0.3 is 0 Å². The third kappa shape index (κ3) is 2.52. The molecule has 0 spiro atoms. The van der Waals surface area contributed by atoms with Crippen LogP contribution < -0.4 is 5.32 Å². The molecule has 0 radical (unpaired) electrons. The van der Waals surface area contributed by atoms with Crippen LogP contribution in [0.1, 0.15) is 17.6 Å². The maximum Gasteiger partial charge on any atom is 0.147 e. The van der Waals surface area contributed by atoms with E-state index in [0.29, 0.717) is 0 Å². The van der Waals surface area contributed by atoms with Gasteiger partial charge in [-0.25, -0.2) is 9.97 Å². The van der Waals surface area contributed by atoms with Gasteiger partial charge in [-0.1, -0.05) is 0 Å². The van der Waals surface area contributed by atoms with E-state index in [1.54, 1.807) is 0 Å². The van der Waals surface area contributed by atoms with Crippen LogP contribution in [0.5, 0.6) is 0 Å². The van der Waals surface area contributed by atoms with Crippen molar-refractivity contribution in [2.45, 2.75) is 13.0 Å². The summed E-state index contributed by atoms with van der Waals surface area (Å²) in [6, 6.07) is 4.32. The fourth-order valence-electron chi connectivity index (χ4n) is 2.47. The number of aromatic amines is 1. The monoisotopic (exact) mass is 257 g/mol. The van der Waals surface area contributed by atoms with Crippen LogP contribution in [0.4, 0.5) is 0 Å². The predicted molar refractivity (Wildman–Crippen MR) is 74.8 cm³/mol. The third-order valence-electron chi connectivity index (χ3n) is 3.57. The van der Waals surface area contributed by atoms with Crippen molar-refractivity contribution < 1.29 is 0 Å². The van der Waals surface area contributed by atoms with Gasteiger partial charge in [0, 0.05) is 43.3 Å². The van der Waals surface area contributed by atoms with Gasteiger partial charge in [0.1, 0.15) is 5.82 Å². The zero-order valence-corrected chi connectivity index (χ0v) is 11.3. The van der Waals surface area contributed by atoms with Crippen LogP contribution in [0.15, 0.2) is 24.5 Å². The fraction of sp³-hybridized carbons (Fsp3) is 0.429. The highest BCUT2D eigenvalue weighted by atomic mass is 15.2. The first-order valence-corrected chi connectivity index (χ1v) is 6.64. The van der Waals surface area contributed by atoms with E-state index in [2.05, 4.69) is 27.2 Å². The molecule has 19 heavy (non-hydrogen) atoms. The van der Waals surface area contributed by atoms with Gasteiger partial charge in [0.05, 0.1) is 11.7 Å². The molecule has 1 aliphatic rings. The summed E-state index contributed by atoms with van der Waals surface area (Å²) in [5, 5.41) is 3.41. The number of hydrogen-bond donors (Lipinski definition) is 2. The summed E-state index contributed by atoms with van der Waals surface area (Å²) in [6.45, 7) is 5.00. The molecule has 0 aromatic carbocycles. The standard InChI is InChI=1S/C14H19N5/c1-10-7-12(11-3-4-15-8-11)18-14(17-10)13-9-16-5-6-19(13)2/h3-4,7-8,13,15-16H,5-6,9H2,1-2H3. The Hall–Kier alpha value is -1.72. The molecule has 5 heteroatoms. The lowest BCUT2D eigenvalue weighted by Crippen LogP contribution is -2.44. The van der Waals surface area contributed by atoms with Gasteiger partial charge in [-0.2, -0.15) is 0 Å². The van der Waals surface area contributed by atoms with Crippen molar-refractivity contribution in [3.05, 3.63) is 36.0 Å². The first-order valence-electron chi connectivity index (χ1n) is 6.64. The number of piperazine rings is 1. The second-order valence-corrected chi connectivity index (χ2v) is 5.05. The van der Waals surface area contributed by atoms with Crippen LogP contribution in [0, 0.1) is 6.92 Å². The zero-order chi connectivity index (χ0) is 13.2. The molecular weight excluding hydrogens is 238 g/mol. The average molecular weight is 257 g/mol. The molecule has 0 bridgehead atoms. The van der Waals surface area contributed by atoms with Crippen LogP contribution in [0.2, 0.25) is 0 Å². The van der Waals surface area contributed by atoms with Crippen molar-refractivity contribution in [3.8, 4) is 11.3 Å². The van der Waals surface area contributed by atoms with E-state index >= 15 is 0 Å². The van der Waals surface area contributed by atoms with Crippen LogP contribution in [-0.4, -0.2) is 46.5 Å². The smallest absolute Gasteiger partial charge is 0.147 e. The van der Waals surface area contributed by atoms with Crippen molar-refractivity contribution in [2.24, 2.45) is 0 Å². The van der Waals surface area contributed by atoms with E-state index in [9.17, 15) is 0 Å². The molecule has 0 saturated carbocycles. The number of nitrogens with one attached hydrogen (secondary N) is 2. The molecule has 1 atom stereocenters. The van der Waals surface area contributed by atoms with Crippen molar-refractivity contribution in [2.75, 3.05) is 26.7 Å². The molecule has 0 amide bonds. The summed E-state index contributed by atoms with van der Waals surface area (Å²) < 4.78 is 0. The Kier molecular flexibility index (Phi) is 3.31. The number of aromatic nitrogens is 3. The van der Waals surface area contributed by atoms with Crippen LogP contribution >= 0.6 is 0 Å². The number of rotatable bonds is 2. The summed E-state index contributed by atoms with van der Waals surface area (Å²) in [5.74, 6) is 0.908. The number of aryl methyl sites for hydroxylation is 1. The van der Waals surface area contributed by atoms with E-state index in [1.807, 2.05) is 31.5 Å². The number of nitrogens with zero attached hydrogens (tertiary/aromatic N) is 3. The molecule has 5 nitrogen and oxygen atoms in total. The Morgan fingerprint density at radius 2 is 2.26 bits per heavy atom. The van der Waals surface area contributed by atoms with E-state index in [4.69, 9.17) is 4.98 Å². The highest BCUT2D eigenvalue weighted by Crippen LogP contribution is 2.22. The molecule has 2 aromatic rings. The molecule has 3 heterocycles. The highest BCUT2D eigenvalue weighted by Gasteiger charge is 2.23. The Morgan fingerprint density at radius 3 is 3.00 bits per heavy atom. The summed E-state index contributed by atoms with van der Waals surface area (Å²) in [7, 11) is 2.13. The Labute approximate surface area is 113 Å². The van der Waals surface area contributed by atoms with E-state index in [-0.39, 0.29) is 6.04 Å². The molecular formula is C14H19N5. The Morgan fingerprint density at radius 1 is 1.37 bits per heavy atom. The molecule has 3 rings (SSSR count). The average Bonchev–Trinajstić information content (AvgIpc) is 2.92. The summed E-state index contributed by atoms with van der Waals surface area (Å²) in [4.78, 5) is 14.7. The van der Waals surface area contributed by atoms with Crippen molar-refractivity contribution in [3.63, 3.8) is 0 Å². The van der Waals surface area contributed by atoms with E-state index < -0.39 is 0 Å². The van der Waals surface area contributed by atoms with Gasteiger partial charge < -0.3 is 10.3 Å². The number of hydrogen-bond acceptors (Lipinski definition) is 4. The van der Waals surface area contributed by atoms with Gasteiger partial charge in [0.25, 0.3) is 0 Å². The number of H-pyrrole nitrogens is 1. The molecule has 1 unspecified atom stereocenters. The molecule has 1 fully saturated rings. The van der Waals surface area contributed by atoms with Gasteiger partial charge in [-0.15, -0.1) is 0 Å². The quantitative estimate of drug-likeness (QED) is 0.853. The lowest BCUT2D eigenvalue weighted by molar-refractivity contribution is 0.194. The SMILES string of the molecule is Cc1cc(-c2cc[nH]c2)nc(C2CNCCN2C)n1. The van der Waals surface area contributed by atoms with E-state index in [0.717, 1.165) is 42.4 Å². The molecule has 1 saturated heterocycles. The van der Waals surface area contributed by atoms with Crippen LogP contribution in [0.25, 0.3) is 11.3 Å². The van der Waals surface area contributed by atoms with Crippen LogP contribution in [0.3, 0.4) is 0 Å². The second kappa shape index (κ2) is 5.11. The summed E-state index contributed by atoms with van der Waals surface area (Å²) in [5.41, 5.74) is 3.11. The van der Waals surface area contributed by atoms with Crippen molar-refractivity contribution >= 4 is 0 Å². The molecule has 2 N–H and O–H groups in total. The van der Waals surface area contributed by atoms with Gasteiger partial charge in [-0.05, 0) is 26.1 Å². The lowest BCUT2D eigenvalue weighted by Gasteiger charge is -2.32. The first-order chi connectivity index (χ1) is 9.24. The maximum absolute atomic E-state index is 4.74. The first kappa shape index (κ1) is 12.3. The highest BCUT2D eigenvalue weighted by molar-refractivity contribution is 5.58. The molecule has 0 aliphatic carbocycles. The fourth-order valence-corrected chi connectivity index (χ4v) is 2.47. The Balaban J connectivity index is 1.97. The van der Waals surface area contributed by atoms with Crippen LogP contribution in [-0.2, 0) is 0 Å². The van der Waals surface area contributed by atoms with Crippen molar-refractivity contribution in [1.82, 2.24) is 25.2 Å². The molecule has 100 valence electrons. The lowest BCUT2D eigenvalue weighted by atomic mass is 10.1. The minimum atomic E-state index is 0.256. The zero-order valence-electron chi connectivity index (χ0n) is 11.3. The normalized spacial score (nSPS) is 20.6. The number of likely N-dealkylation sites (N-methyl/N-ethyl adjacent to an activating group) is 1. The summed E-state index contributed by atoms with van der Waals surface area (Å²) >= 11 is 0. The van der Waals surface area contributed by atoms with E-state index in [1.165, 1.54) is 0 Å². The molecule has 1 aliphatic heterocycles. The topological polar surface area (TPSA) is 56.8 Å².